The molecule has 0 saturated carbocycles. The van der Waals surface area contributed by atoms with Crippen LogP contribution in [-0.2, 0) is 20.7 Å². The third-order valence-electron chi connectivity index (χ3n) is 4.20. The van der Waals surface area contributed by atoms with E-state index in [4.69, 9.17) is 9.47 Å². The summed E-state index contributed by atoms with van der Waals surface area (Å²) in [5, 5.41) is 0. The van der Waals surface area contributed by atoms with Crippen molar-refractivity contribution in [3.05, 3.63) is 61.2 Å². The van der Waals surface area contributed by atoms with Crippen LogP contribution < -0.4 is 25.9 Å². The molecule has 0 N–H and O–H groups in total. The number of halogens is 1. The fourth-order valence-electron chi connectivity index (χ4n) is 2.78. The second-order valence-corrected chi connectivity index (χ2v) is 9.10. The van der Waals surface area contributed by atoms with E-state index in [9.17, 15) is 9.59 Å². The van der Waals surface area contributed by atoms with Gasteiger partial charge in [-0.05, 0) is 63.4 Å². The van der Waals surface area contributed by atoms with Gasteiger partial charge in [-0.1, -0.05) is 18.2 Å². The van der Waals surface area contributed by atoms with E-state index in [-0.39, 0.29) is 27.0 Å². The van der Waals surface area contributed by atoms with Crippen LogP contribution >= 0.6 is 0 Å². The molecule has 0 aliphatic carbocycles. The van der Waals surface area contributed by atoms with Crippen molar-refractivity contribution in [1.82, 2.24) is 0 Å². The lowest BCUT2D eigenvalue weighted by atomic mass is 9.96. The van der Waals surface area contributed by atoms with E-state index < -0.39 is 11.9 Å². The number of esters is 1. The lowest BCUT2D eigenvalue weighted by Gasteiger charge is -2.12. The average Bonchev–Trinajstić information content (AvgIpc) is 2.67. The Morgan fingerprint density at radius 1 is 1.11 bits per heavy atom. The van der Waals surface area contributed by atoms with Crippen LogP contribution in [0.4, 0.5) is 0 Å². The highest BCUT2D eigenvalue weighted by molar-refractivity contribution is 5.97. The Labute approximate surface area is 171 Å². The summed E-state index contributed by atoms with van der Waals surface area (Å²) in [5.41, 5.74) is 1.23. The van der Waals surface area contributed by atoms with Gasteiger partial charge in [0.1, 0.15) is 17.5 Å². The molecule has 1 atom stereocenters. The highest BCUT2D eigenvalue weighted by Crippen LogP contribution is 2.17. The van der Waals surface area contributed by atoms with Crippen molar-refractivity contribution in [2.24, 2.45) is 5.92 Å². The van der Waals surface area contributed by atoms with E-state index in [1.807, 2.05) is 12.1 Å². The third-order valence-corrected chi connectivity index (χ3v) is 7.17. The van der Waals surface area contributed by atoms with Gasteiger partial charge in [-0.3, -0.25) is 9.59 Å². The molecular weight excluding hydrogens is 455 g/mol. The molecule has 0 bridgehead atoms. The molecule has 0 amide bonds. The van der Waals surface area contributed by atoms with Crippen LogP contribution in [0, 0.1) is 13.1 Å². The Balaban J connectivity index is 2.09. The summed E-state index contributed by atoms with van der Waals surface area (Å²) in [6.07, 6.45) is 2.07. The second kappa shape index (κ2) is 11.1. The van der Waals surface area contributed by atoms with Crippen molar-refractivity contribution in [2.75, 3.05) is 13.7 Å². The van der Waals surface area contributed by atoms with Gasteiger partial charge < -0.3 is 9.47 Å². The number of ether oxygens (including phenoxy) is 2. The summed E-state index contributed by atoms with van der Waals surface area (Å²) in [6.45, 7) is 3.51. The van der Waals surface area contributed by atoms with Gasteiger partial charge in [0, 0.05) is 5.56 Å². The summed E-state index contributed by atoms with van der Waals surface area (Å²) in [4.78, 5) is 23.8. The van der Waals surface area contributed by atoms with Crippen LogP contribution in [-0.4, -0.2) is 25.5 Å². The van der Waals surface area contributed by atoms with E-state index in [1.165, 1.54) is 19.6 Å². The van der Waals surface area contributed by atoms with Gasteiger partial charge in [0.15, 0.2) is 7.14 Å². The number of ketones is 1. The normalized spacial score (nSPS) is 11.7. The van der Waals surface area contributed by atoms with Crippen molar-refractivity contribution in [2.45, 2.75) is 33.1 Å². The molecule has 4 nitrogen and oxygen atoms in total. The maximum Gasteiger partial charge on any atom is 0.358 e. The molecule has 0 aromatic heterocycles. The van der Waals surface area contributed by atoms with Gasteiger partial charge in [0.05, 0.1) is 13.7 Å². The molecule has 2 aromatic carbocycles. The molecule has 0 aliphatic heterocycles. The molecule has 5 heteroatoms. The van der Waals surface area contributed by atoms with Crippen LogP contribution in [0.5, 0.6) is 5.75 Å². The first-order valence-corrected chi connectivity index (χ1v) is 11.2. The SMILES string of the molecule is CCOC(=O)C(CCCc1cc(OC)ccc1[I+]c1ccccc1)C(C)=O. The molecule has 2 rings (SSSR count). The van der Waals surface area contributed by atoms with Crippen molar-refractivity contribution >= 4 is 11.8 Å². The van der Waals surface area contributed by atoms with Crippen LogP contribution in [0.2, 0.25) is 0 Å². The smallest absolute Gasteiger partial charge is 0.358 e. The van der Waals surface area contributed by atoms with Crippen LogP contribution in [0.1, 0.15) is 32.3 Å². The molecule has 2 aromatic rings. The quantitative estimate of drug-likeness (QED) is 0.288. The van der Waals surface area contributed by atoms with Crippen LogP contribution in [0.25, 0.3) is 0 Å². The van der Waals surface area contributed by atoms with Crippen LogP contribution in [0.15, 0.2) is 48.5 Å². The summed E-state index contributed by atoms with van der Waals surface area (Å²) < 4.78 is 13.1. The molecule has 27 heavy (non-hydrogen) atoms. The zero-order valence-electron chi connectivity index (χ0n) is 16.0. The maximum atomic E-state index is 12.0. The molecule has 0 heterocycles. The minimum atomic E-state index is -0.664. The number of Topliss-reactive ketones (excluding diaryl/α,β-unsaturated/α-hetero) is 1. The van der Waals surface area contributed by atoms with E-state index >= 15 is 0 Å². The first-order chi connectivity index (χ1) is 13.0. The predicted octanol–water partition coefficient (Wildman–Crippen LogP) is 0.915. The van der Waals surface area contributed by atoms with Gasteiger partial charge in [0.25, 0.3) is 0 Å². The number of benzene rings is 2. The molecule has 1 unspecified atom stereocenters. The fraction of sp³-hybridized carbons (Fsp3) is 0.364. The highest BCUT2D eigenvalue weighted by atomic mass is 127. The van der Waals surface area contributed by atoms with Gasteiger partial charge in [-0.2, -0.15) is 0 Å². The summed E-state index contributed by atoms with van der Waals surface area (Å²) >= 11 is -0.290. The summed E-state index contributed by atoms with van der Waals surface area (Å²) in [7, 11) is 1.66. The van der Waals surface area contributed by atoms with E-state index in [0.29, 0.717) is 13.0 Å². The van der Waals surface area contributed by atoms with Crippen molar-refractivity contribution < 1.29 is 40.3 Å². The zero-order chi connectivity index (χ0) is 19.6. The van der Waals surface area contributed by atoms with E-state index in [1.54, 1.807) is 14.0 Å². The Kier molecular flexibility index (Phi) is 8.78. The Hall–Kier alpha value is -1.89. The summed E-state index contributed by atoms with van der Waals surface area (Å²) in [5.74, 6) is -0.370. The van der Waals surface area contributed by atoms with Crippen molar-refractivity contribution in [1.29, 1.82) is 0 Å². The minimum absolute atomic E-state index is 0.129. The van der Waals surface area contributed by atoms with Crippen LogP contribution in [0.3, 0.4) is 0 Å². The van der Waals surface area contributed by atoms with Gasteiger partial charge >= 0.3 is 27.2 Å². The molecular formula is C22H26IO4+. The standard InChI is InChI=1S/C22H26IO4/c1-4-27-22(25)20(16(2)24)12-8-9-17-15-19(26-3)13-14-21(17)23-18-10-6-5-7-11-18/h5-7,10-11,13-15,20H,4,8-9,12H2,1-3H3/q+1. The highest BCUT2D eigenvalue weighted by Gasteiger charge is 2.25. The van der Waals surface area contributed by atoms with E-state index in [2.05, 4.69) is 36.4 Å². The maximum absolute atomic E-state index is 12.0. The van der Waals surface area contributed by atoms with Gasteiger partial charge in [-0.25, -0.2) is 0 Å². The topological polar surface area (TPSA) is 52.6 Å². The number of carbonyl (C=O) groups excluding carboxylic acids is 2. The van der Waals surface area contributed by atoms with Crippen molar-refractivity contribution in [3.63, 3.8) is 0 Å². The Bertz CT molecular complexity index is 758. The van der Waals surface area contributed by atoms with Crippen molar-refractivity contribution in [3.8, 4) is 5.75 Å². The number of hydrogen-bond donors (Lipinski definition) is 0. The Morgan fingerprint density at radius 3 is 2.48 bits per heavy atom. The molecule has 0 radical (unpaired) electrons. The first kappa shape index (κ1) is 21.4. The molecule has 0 spiro atoms. The number of carbonyl (C=O) groups is 2. The second-order valence-electron chi connectivity index (χ2n) is 6.15. The predicted molar refractivity (Wildman–Crippen MR) is 101 cm³/mol. The summed E-state index contributed by atoms with van der Waals surface area (Å²) in [6, 6.07) is 16.7. The molecule has 144 valence electrons. The molecule has 0 fully saturated rings. The zero-order valence-corrected chi connectivity index (χ0v) is 18.2. The van der Waals surface area contributed by atoms with Gasteiger partial charge in [0.2, 0.25) is 0 Å². The number of methoxy groups -OCH3 is 1. The minimum Gasteiger partial charge on any atom is -0.497 e. The Morgan fingerprint density at radius 2 is 1.85 bits per heavy atom. The average molecular weight is 481 g/mol. The first-order valence-electron chi connectivity index (χ1n) is 9.09. The molecule has 0 aliphatic rings. The number of hydrogen-bond acceptors (Lipinski definition) is 4. The fourth-order valence-corrected chi connectivity index (χ4v) is 5.36. The number of rotatable bonds is 10. The lowest BCUT2D eigenvalue weighted by molar-refractivity contribution is -0.598. The number of aryl methyl sites for hydroxylation is 1. The lowest BCUT2D eigenvalue weighted by Crippen LogP contribution is -3.61. The molecule has 0 saturated heterocycles. The van der Waals surface area contributed by atoms with E-state index in [0.717, 1.165) is 18.6 Å². The largest absolute Gasteiger partial charge is 0.497 e. The van der Waals surface area contributed by atoms with Gasteiger partial charge in [-0.15, -0.1) is 0 Å². The monoisotopic (exact) mass is 481 g/mol. The third kappa shape index (κ3) is 6.65.